The van der Waals surface area contributed by atoms with Gasteiger partial charge in [0.15, 0.2) is 5.13 Å². The minimum atomic E-state index is -0.169. The van der Waals surface area contributed by atoms with Crippen LogP contribution >= 0.6 is 11.3 Å². The second-order valence-electron chi connectivity index (χ2n) is 5.24. The molecule has 0 aliphatic rings. The summed E-state index contributed by atoms with van der Waals surface area (Å²) in [6.45, 7) is 3.98. The van der Waals surface area contributed by atoms with Crippen LogP contribution in [0, 0.1) is 13.8 Å². The lowest BCUT2D eigenvalue weighted by molar-refractivity contribution is -0.105. The van der Waals surface area contributed by atoms with Crippen LogP contribution in [0.15, 0.2) is 36.4 Å². The number of carbonyl (C=O) groups is 2. The second kappa shape index (κ2) is 6.18. The highest BCUT2D eigenvalue weighted by Gasteiger charge is 2.11. The van der Waals surface area contributed by atoms with Crippen LogP contribution in [0.3, 0.4) is 0 Å². The summed E-state index contributed by atoms with van der Waals surface area (Å²) in [5, 5.41) is 5.96. The molecule has 0 saturated heterocycles. The van der Waals surface area contributed by atoms with Crippen LogP contribution in [-0.2, 0) is 4.79 Å². The van der Waals surface area contributed by atoms with E-state index in [0.29, 0.717) is 17.1 Å². The van der Waals surface area contributed by atoms with Crippen molar-refractivity contribution in [2.75, 3.05) is 10.6 Å². The highest BCUT2D eigenvalue weighted by Crippen LogP contribution is 2.27. The van der Waals surface area contributed by atoms with Gasteiger partial charge < -0.3 is 10.6 Å². The van der Waals surface area contributed by atoms with Gasteiger partial charge in [0.05, 0.1) is 10.2 Å². The number of aryl methyl sites for hydroxylation is 2. The van der Waals surface area contributed by atoms with E-state index >= 15 is 0 Å². The van der Waals surface area contributed by atoms with E-state index in [1.807, 2.05) is 32.0 Å². The SMILES string of the molecule is Cc1ccc(NC(=O)c2ccc3nc(NC=O)sc3c2)c(C)c1. The molecule has 2 amide bonds. The highest BCUT2D eigenvalue weighted by molar-refractivity contribution is 7.22. The van der Waals surface area contributed by atoms with Crippen molar-refractivity contribution >= 4 is 44.7 Å². The third kappa shape index (κ3) is 3.22. The van der Waals surface area contributed by atoms with Gasteiger partial charge in [0.25, 0.3) is 5.91 Å². The molecule has 2 N–H and O–H groups in total. The van der Waals surface area contributed by atoms with Gasteiger partial charge in [-0.1, -0.05) is 29.0 Å². The fourth-order valence-electron chi connectivity index (χ4n) is 2.33. The summed E-state index contributed by atoms with van der Waals surface area (Å²) >= 11 is 1.33. The van der Waals surface area contributed by atoms with Gasteiger partial charge in [0, 0.05) is 11.3 Å². The molecule has 0 radical (unpaired) electrons. The van der Waals surface area contributed by atoms with Crippen LogP contribution in [0.4, 0.5) is 10.8 Å². The maximum absolute atomic E-state index is 12.4. The number of benzene rings is 2. The van der Waals surface area contributed by atoms with Gasteiger partial charge in [0.1, 0.15) is 0 Å². The summed E-state index contributed by atoms with van der Waals surface area (Å²) in [6, 6.07) is 11.2. The van der Waals surface area contributed by atoms with Crippen LogP contribution in [0.25, 0.3) is 10.2 Å². The summed E-state index contributed by atoms with van der Waals surface area (Å²) < 4.78 is 0.850. The Morgan fingerprint density at radius 2 is 2.00 bits per heavy atom. The van der Waals surface area contributed by atoms with Crippen molar-refractivity contribution in [3.05, 3.63) is 53.1 Å². The van der Waals surface area contributed by atoms with Gasteiger partial charge in [-0.2, -0.15) is 0 Å². The normalized spacial score (nSPS) is 10.5. The van der Waals surface area contributed by atoms with Crippen molar-refractivity contribution in [2.45, 2.75) is 13.8 Å². The van der Waals surface area contributed by atoms with Crippen molar-refractivity contribution in [1.82, 2.24) is 4.98 Å². The van der Waals surface area contributed by atoms with Crippen molar-refractivity contribution in [2.24, 2.45) is 0 Å². The Labute approximate surface area is 137 Å². The Balaban J connectivity index is 1.86. The molecule has 3 rings (SSSR count). The Hall–Kier alpha value is -2.73. The Morgan fingerprint density at radius 1 is 1.17 bits per heavy atom. The largest absolute Gasteiger partial charge is 0.322 e. The maximum Gasteiger partial charge on any atom is 0.255 e. The molecule has 6 heteroatoms. The number of hydrogen-bond donors (Lipinski definition) is 2. The van der Waals surface area contributed by atoms with E-state index in [9.17, 15) is 9.59 Å². The third-order valence-corrected chi connectivity index (χ3v) is 4.41. The molecule has 0 aliphatic carbocycles. The number of fused-ring (bicyclic) bond motifs is 1. The number of aromatic nitrogens is 1. The zero-order valence-corrected chi connectivity index (χ0v) is 13.5. The van der Waals surface area contributed by atoms with Crippen LogP contribution in [0.5, 0.6) is 0 Å². The molecule has 0 saturated carbocycles. The first-order chi connectivity index (χ1) is 11.1. The van der Waals surface area contributed by atoms with Crippen LogP contribution in [0.2, 0.25) is 0 Å². The van der Waals surface area contributed by atoms with E-state index in [2.05, 4.69) is 15.6 Å². The molecule has 2 aromatic carbocycles. The van der Waals surface area contributed by atoms with Gasteiger partial charge in [-0.3, -0.25) is 9.59 Å². The smallest absolute Gasteiger partial charge is 0.255 e. The first-order valence-corrected chi connectivity index (χ1v) is 7.88. The zero-order chi connectivity index (χ0) is 16.4. The van der Waals surface area contributed by atoms with Crippen molar-refractivity contribution in [3.63, 3.8) is 0 Å². The number of nitrogens with one attached hydrogen (secondary N) is 2. The number of anilines is 2. The van der Waals surface area contributed by atoms with E-state index in [-0.39, 0.29) is 5.91 Å². The first-order valence-electron chi connectivity index (χ1n) is 7.06. The molecule has 1 heterocycles. The Morgan fingerprint density at radius 3 is 2.74 bits per heavy atom. The minimum Gasteiger partial charge on any atom is -0.322 e. The lowest BCUT2D eigenvalue weighted by Gasteiger charge is -2.09. The topological polar surface area (TPSA) is 71.1 Å². The summed E-state index contributed by atoms with van der Waals surface area (Å²) in [4.78, 5) is 27.2. The van der Waals surface area contributed by atoms with Crippen molar-refractivity contribution < 1.29 is 9.59 Å². The number of carbonyl (C=O) groups excluding carboxylic acids is 2. The predicted octanol–water partition coefficient (Wildman–Crippen LogP) is 3.73. The van der Waals surface area contributed by atoms with Crippen LogP contribution in [-0.4, -0.2) is 17.3 Å². The molecule has 0 spiro atoms. The van der Waals surface area contributed by atoms with E-state index in [4.69, 9.17) is 0 Å². The lowest BCUT2D eigenvalue weighted by atomic mass is 10.1. The van der Waals surface area contributed by atoms with Gasteiger partial charge >= 0.3 is 0 Å². The van der Waals surface area contributed by atoms with Gasteiger partial charge in [-0.05, 0) is 43.7 Å². The number of nitrogens with zero attached hydrogens (tertiary/aromatic N) is 1. The lowest BCUT2D eigenvalue weighted by Crippen LogP contribution is -2.12. The third-order valence-electron chi connectivity index (χ3n) is 3.46. The van der Waals surface area contributed by atoms with E-state index < -0.39 is 0 Å². The molecule has 0 aliphatic heterocycles. The fraction of sp³-hybridized carbons (Fsp3) is 0.118. The summed E-state index contributed by atoms with van der Waals surface area (Å²) in [5.41, 5.74) is 4.28. The Bertz CT molecular complexity index is 902. The highest BCUT2D eigenvalue weighted by atomic mass is 32.1. The molecular formula is C17H15N3O2S. The Kier molecular flexibility index (Phi) is 4.08. The van der Waals surface area contributed by atoms with Crippen LogP contribution < -0.4 is 10.6 Å². The second-order valence-corrected chi connectivity index (χ2v) is 6.27. The van der Waals surface area contributed by atoms with Crippen molar-refractivity contribution in [1.29, 1.82) is 0 Å². The summed E-state index contributed by atoms with van der Waals surface area (Å²) in [6.07, 6.45) is 0.589. The standard InChI is InChI=1S/C17H15N3O2S/c1-10-3-5-13(11(2)7-10)19-16(22)12-4-6-14-15(8-12)23-17(20-14)18-9-21/h3-9H,1-2H3,(H,19,22)(H,18,20,21). The molecule has 0 unspecified atom stereocenters. The molecule has 0 atom stereocenters. The average molecular weight is 325 g/mol. The van der Waals surface area contributed by atoms with E-state index in [1.54, 1.807) is 18.2 Å². The predicted molar refractivity (Wildman–Crippen MR) is 93.2 cm³/mol. The number of thiazole rings is 1. The average Bonchev–Trinajstić information content (AvgIpc) is 2.91. The minimum absolute atomic E-state index is 0.169. The molecule has 3 aromatic rings. The summed E-state index contributed by atoms with van der Waals surface area (Å²) in [7, 11) is 0. The van der Waals surface area contributed by atoms with Gasteiger partial charge in [-0.15, -0.1) is 0 Å². The summed E-state index contributed by atoms with van der Waals surface area (Å²) in [5.74, 6) is -0.169. The first kappa shape index (κ1) is 15.2. The molecular weight excluding hydrogens is 310 g/mol. The van der Waals surface area contributed by atoms with Gasteiger partial charge in [-0.25, -0.2) is 4.98 Å². The molecule has 0 fully saturated rings. The number of rotatable bonds is 4. The quantitative estimate of drug-likeness (QED) is 0.718. The molecule has 0 bridgehead atoms. The monoisotopic (exact) mass is 325 g/mol. The molecule has 116 valence electrons. The number of amides is 2. The van der Waals surface area contributed by atoms with E-state index in [1.165, 1.54) is 11.3 Å². The van der Waals surface area contributed by atoms with Crippen LogP contribution in [0.1, 0.15) is 21.5 Å². The van der Waals surface area contributed by atoms with Crippen molar-refractivity contribution in [3.8, 4) is 0 Å². The maximum atomic E-state index is 12.4. The van der Waals surface area contributed by atoms with Gasteiger partial charge in [0.2, 0.25) is 6.41 Å². The molecule has 5 nitrogen and oxygen atoms in total. The molecule has 23 heavy (non-hydrogen) atoms. The fourth-order valence-corrected chi connectivity index (χ4v) is 3.19. The van der Waals surface area contributed by atoms with E-state index in [0.717, 1.165) is 27.0 Å². The number of hydrogen-bond acceptors (Lipinski definition) is 4. The zero-order valence-electron chi connectivity index (χ0n) is 12.7. The molecule has 1 aromatic heterocycles.